The zero-order valence-electron chi connectivity index (χ0n) is 10.8. The summed E-state index contributed by atoms with van der Waals surface area (Å²) in [5.74, 6) is 0. The second-order valence-electron chi connectivity index (χ2n) is 4.29. The smallest absolute Gasteiger partial charge is 0.207 e. The van der Waals surface area contributed by atoms with E-state index in [0.29, 0.717) is 0 Å². The third-order valence-corrected chi connectivity index (χ3v) is 4.24. The van der Waals surface area contributed by atoms with Crippen LogP contribution in [0.2, 0.25) is 0 Å². The number of nitriles is 1. The number of sulfonamides is 1. The van der Waals surface area contributed by atoms with E-state index in [1.807, 2.05) is 36.4 Å². The van der Waals surface area contributed by atoms with E-state index in [0.717, 1.165) is 11.1 Å². The number of hydrogen-bond donors (Lipinski definition) is 1. The maximum absolute atomic E-state index is 12.1. The average Bonchev–Trinajstić information content (AvgIpc) is 2.47. The molecule has 20 heavy (non-hydrogen) atoms. The molecule has 0 aliphatic heterocycles. The van der Waals surface area contributed by atoms with Crippen LogP contribution in [0.15, 0.2) is 59.5 Å². The van der Waals surface area contributed by atoms with Gasteiger partial charge in [-0.25, -0.2) is 13.1 Å². The first kappa shape index (κ1) is 14.3. The number of hydrogen-bond acceptors (Lipinski definition) is 3. The summed E-state index contributed by atoms with van der Waals surface area (Å²) in [7, 11) is -3.52. The van der Waals surface area contributed by atoms with Crippen molar-refractivity contribution in [3.05, 3.63) is 65.7 Å². The summed E-state index contributed by atoms with van der Waals surface area (Å²) in [6.45, 7) is 0.253. The minimum absolute atomic E-state index is 0.204. The van der Waals surface area contributed by atoms with Gasteiger partial charge in [0.05, 0.1) is 17.4 Å². The van der Waals surface area contributed by atoms with Gasteiger partial charge in [0.15, 0.2) is 0 Å². The second-order valence-corrected chi connectivity index (χ2v) is 6.06. The number of nitrogens with one attached hydrogen (secondary N) is 1. The summed E-state index contributed by atoms with van der Waals surface area (Å²) in [6, 6.07) is 17.7. The Morgan fingerprint density at radius 1 is 0.950 bits per heavy atom. The van der Waals surface area contributed by atoms with Crippen molar-refractivity contribution in [1.82, 2.24) is 4.72 Å². The minimum atomic E-state index is -3.52. The molecule has 0 radical (unpaired) electrons. The predicted molar refractivity (Wildman–Crippen MR) is 76.2 cm³/mol. The van der Waals surface area contributed by atoms with Crippen molar-refractivity contribution in [2.75, 3.05) is 0 Å². The molecule has 0 aliphatic rings. The van der Waals surface area contributed by atoms with Crippen LogP contribution in [0.25, 0.3) is 0 Å². The Morgan fingerprint density at radius 3 is 2.20 bits per heavy atom. The largest absolute Gasteiger partial charge is 0.240 e. The van der Waals surface area contributed by atoms with Crippen molar-refractivity contribution in [1.29, 1.82) is 5.26 Å². The maximum atomic E-state index is 12.1. The topological polar surface area (TPSA) is 70.0 Å². The van der Waals surface area contributed by atoms with Gasteiger partial charge in [-0.05, 0) is 23.3 Å². The molecule has 4 nitrogen and oxygen atoms in total. The maximum Gasteiger partial charge on any atom is 0.240 e. The molecular formula is C15H14N2O2S. The molecule has 5 heteroatoms. The van der Waals surface area contributed by atoms with Crippen molar-refractivity contribution < 1.29 is 8.42 Å². The minimum Gasteiger partial charge on any atom is -0.207 e. The summed E-state index contributed by atoms with van der Waals surface area (Å²) in [6.07, 6.45) is 0.276. The Hall–Kier alpha value is -2.16. The molecule has 0 fully saturated rings. The molecule has 0 atom stereocenters. The molecule has 0 aromatic heterocycles. The Morgan fingerprint density at radius 2 is 1.60 bits per heavy atom. The van der Waals surface area contributed by atoms with Crippen LogP contribution in [-0.4, -0.2) is 8.42 Å². The lowest BCUT2D eigenvalue weighted by atomic mass is 10.2. The fraction of sp³-hybridized carbons (Fsp3) is 0.133. The third-order valence-electron chi connectivity index (χ3n) is 2.83. The van der Waals surface area contributed by atoms with E-state index in [2.05, 4.69) is 4.72 Å². The predicted octanol–water partition coefficient (Wildman–Crippen LogP) is 2.23. The van der Waals surface area contributed by atoms with Gasteiger partial charge < -0.3 is 0 Å². The molecule has 2 rings (SSSR count). The Kier molecular flexibility index (Phi) is 4.51. The number of rotatable bonds is 5. The van der Waals surface area contributed by atoms with E-state index in [-0.39, 0.29) is 17.9 Å². The molecule has 0 spiro atoms. The summed E-state index contributed by atoms with van der Waals surface area (Å²) in [4.78, 5) is 0.204. The van der Waals surface area contributed by atoms with Crippen LogP contribution in [-0.2, 0) is 23.0 Å². The highest BCUT2D eigenvalue weighted by Gasteiger charge is 2.13. The summed E-state index contributed by atoms with van der Waals surface area (Å²) < 4.78 is 26.7. The van der Waals surface area contributed by atoms with Gasteiger partial charge in [0.25, 0.3) is 0 Å². The van der Waals surface area contributed by atoms with E-state index >= 15 is 0 Å². The molecule has 0 amide bonds. The lowest BCUT2D eigenvalue weighted by Gasteiger charge is -2.07. The number of nitrogens with zero attached hydrogens (tertiary/aromatic N) is 1. The SMILES string of the molecule is N#CCc1ccc(S(=O)(=O)NCc2ccccc2)cc1. The Bertz CT molecular complexity index is 702. The first-order valence-electron chi connectivity index (χ1n) is 6.11. The Labute approximate surface area is 118 Å². The molecule has 0 saturated carbocycles. The van der Waals surface area contributed by atoms with Gasteiger partial charge in [-0.2, -0.15) is 5.26 Å². The quantitative estimate of drug-likeness (QED) is 0.916. The normalized spacial score (nSPS) is 10.9. The van der Waals surface area contributed by atoms with Gasteiger partial charge in [-0.1, -0.05) is 42.5 Å². The van der Waals surface area contributed by atoms with Crippen molar-refractivity contribution in [3.63, 3.8) is 0 Å². The molecular weight excluding hydrogens is 272 g/mol. The standard InChI is InChI=1S/C15H14N2O2S/c16-11-10-13-6-8-15(9-7-13)20(18,19)17-12-14-4-2-1-3-5-14/h1-9,17H,10,12H2. The fourth-order valence-electron chi connectivity index (χ4n) is 1.74. The van der Waals surface area contributed by atoms with Crippen LogP contribution in [0.3, 0.4) is 0 Å². The Balaban J connectivity index is 2.08. The summed E-state index contributed by atoms with van der Waals surface area (Å²) >= 11 is 0. The zero-order chi connectivity index (χ0) is 14.4. The third kappa shape index (κ3) is 3.67. The number of benzene rings is 2. The molecule has 0 aliphatic carbocycles. The molecule has 0 saturated heterocycles. The van der Waals surface area contributed by atoms with Crippen LogP contribution in [0.1, 0.15) is 11.1 Å². The van der Waals surface area contributed by atoms with Gasteiger partial charge in [-0.3, -0.25) is 0 Å². The van der Waals surface area contributed by atoms with Gasteiger partial charge in [0.1, 0.15) is 0 Å². The highest BCUT2D eigenvalue weighted by molar-refractivity contribution is 7.89. The average molecular weight is 286 g/mol. The lowest BCUT2D eigenvalue weighted by Crippen LogP contribution is -2.23. The van der Waals surface area contributed by atoms with Gasteiger partial charge in [0.2, 0.25) is 10.0 Å². The highest BCUT2D eigenvalue weighted by atomic mass is 32.2. The van der Waals surface area contributed by atoms with Crippen LogP contribution >= 0.6 is 0 Å². The fourth-order valence-corrected chi connectivity index (χ4v) is 2.75. The van der Waals surface area contributed by atoms with Crippen LogP contribution in [0, 0.1) is 11.3 Å². The molecule has 102 valence electrons. The van der Waals surface area contributed by atoms with Gasteiger partial charge in [0, 0.05) is 6.54 Å². The van der Waals surface area contributed by atoms with Crippen LogP contribution < -0.4 is 4.72 Å². The molecule has 0 unspecified atom stereocenters. The van der Waals surface area contributed by atoms with E-state index in [1.165, 1.54) is 12.1 Å². The van der Waals surface area contributed by atoms with Crippen LogP contribution in [0.4, 0.5) is 0 Å². The van der Waals surface area contributed by atoms with E-state index in [4.69, 9.17) is 5.26 Å². The van der Waals surface area contributed by atoms with Crippen molar-refractivity contribution in [3.8, 4) is 6.07 Å². The highest BCUT2D eigenvalue weighted by Crippen LogP contribution is 2.11. The first-order valence-corrected chi connectivity index (χ1v) is 7.59. The summed E-state index contributed by atoms with van der Waals surface area (Å²) in [5.41, 5.74) is 1.70. The monoisotopic (exact) mass is 286 g/mol. The first-order chi connectivity index (χ1) is 9.62. The molecule has 2 aromatic carbocycles. The molecule has 0 heterocycles. The second kappa shape index (κ2) is 6.33. The van der Waals surface area contributed by atoms with Crippen LogP contribution in [0.5, 0.6) is 0 Å². The van der Waals surface area contributed by atoms with Crippen molar-refractivity contribution in [2.24, 2.45) is 0 Å². The van der Waals surface area contributed by atoms with E-state index in [1.54, 1.807) is 12.1 Å². The molecule has 0 bridgehead atoms. The summed E-state index contributed by atoms with van der Waals surface area (Å²) in [5, 5.41) is 8.58. The van der Waals surface area contributed by atoms with Gasteiger partial charge in [-0.15, -0.1) is 0 Å². The zero-order valence-corrected chi connectivity index (χ0v) is 11.6. The van der Waals surface area contributed by atoms with E-state index in [9.17, 15) is 8.42 Å². The molecule has 2 aromatic rings. The van der Waals surface area contributed by atoms with E-state index < -0.39 is 10.0 Å². The molecule has 1 N–H and O–H groups in total. The van der Waals surface area contributed by atoms with Gasteiger partial charge >= 0.3 is 0 Å². The van der Waals surface area contributed by atoms with Crippen molar-refractivity contribution >= 4 is 10.0 Å². The lowest BCUT2D eigenvalue weighted by molar-refractivity contribution is 0.581. The van der Waals surface area contributed by atoms with Crippen molar-refractivity contribution in [2.45, 2.75) is 17.9 Å².